The van der Waals surface area contributed by atoms with Gasteiger partial charge in [-0.25, -0.2) is 4.39 Å². The second-order valence-electron chi connectivity index (χ2n) is 6.66. The van der Waals surface area contributed by atoms with Crippen LogP contribution in [0.15, 0.2) is 51.9 Å². The van der Waals surface area contributed by atoms with E-state index in [4.69, 9.17) is 9.26 Å². The number of hydrogen-bond donors (Lipinski definition) is 1. The summed E-state index contributed by atoms with van der Waals surface area (Å²) in [6.45, 7) is 0. The van der Waals surface area contributed by atoms with Crippen LogP contribution >= 0.6 is 11.8 Å². The van der Waals surface area contributed by atoms with Crippen LogP contribution in [0.2, 0.25) is 0 Å². The number of ether oxygens (including phenoxy) is 1. The molecule has 1 aliphatic heterocycles. The normalized spacial score (nSPS) is 15.6. The molecule has 0 aliphatic carbocycles. The van der Waals surface area contributed by atoms with Gasteiger partial charge in [0.2, 0.25) is 17.6 Å². The predicted octanol–water partition coefficient (Wildman–Crippen LogP) is 4.17. The number of methoxy groups -OCH3 is 1. The highest BCUT2D eigenvalue weighted by Crippen LogP contribution is 2.37. The van der Waals surface area contributed by atoms with Gasteiger partial charge in [0, 0.05) is 29.1 Å². The minimum absolute atomic E-state index is 0.124. The summed E-state index contributed by atoms with van der Waals surface area (Å²) in [4.78, 5) is 17.4. The number of halogens is 1. The summed E-state index contributed by atoms with van der Waals surface area (Å²) in [5.41, 5.74) is 1.65. The Kier molecular flexibility index (Phi) is 5.80. The van der Waals surface area contributed by atoms with E-state index >= 15 is 0 Å². The van der Waals surface area contributed by atoms with Gasteiger partial charge in [0.15, 0.2) is 0 Å². The summed E-state index contributed by atoms with van der Waals surface area (Å²) < 4.78 is 24.4. The fraction of sp³-hybridized carbons (Fsp3) is 0.286. The van der Waals surface area contributed by atoms with Gasteiger partial charge in [-0.2, -0.15) is 4.98 Å². The van der Waals surface area contributed by atoms with E-state index in [1.165, 1.54) is 17.8 Å². The molecule has 3 aromatic rings. The standard InChI is InChI=1S/C21H20FN3O3S/c1-27-14-7-5-13(6-8-14)21-24-19(28-25-21)10-9-18(26)23-17-11-12-29-20-15(17)3-2-4-16(20)22/h2-8,17H,9-12H2,1H3,(H,23,26). The number of aromatic nitrogens is 2. The van der Waals surface area contributed by atoms with Gasteiger partial charge in [-0.1, -0.05) is 17.3 Å². The fourth-order valence-corrected chi connectivity index (χ4v) is 4.38. The average molecular weight is 413 g/mol. The Balaban J connectivity index is 1.35. The Labute approximate surface area is 171 Å². The largest absolute Gasteiger partial charge is 0.497 e. The predicted molar refractivity (Wildman–Crippen MR) is 107 cm³/mol. The van der Waals surface area contributed by atoms with Crippen molar-refractivity contribution < 1.29 is 18.4 Å². The molecule has 1 aromatic heterocycles. The topological polar surface area (TPSA) is 77.2 Å². The van der Waals surface area contributed by atoms with Gasteiger partial charge in [-0.3, -0.25) is 4.79 Å². The van der Waals surface area contributed by atoms with E-state index in [-0.39, 0.29) is 24.2 Å². The first-order valence-corrected chi connectivity index (χ1v) is 10.3. The van der Waals surface area contributed by atoms with E-state index in [2.05, 4.69) is 15.5 Å². The maximum absolute atomic E-state index is 14.0. The fourth-order valence-electron chi connectivity index (χ4n) is 3.24. The second kappa shape index (κ2) is 8.65. The van der Waals surface area contributed by atoms with Crippen LogP contribution in [0.25, 0.3) is 11.4 Å². The van der Waals surface area contributed by atoms with Gasteiger partial charge in [-0.15, -0.1) is 11.8 Å². The molecule has 1 aliphatic rings. The third kappa shape index (κ3) is 4.42. The van der Waals surface area contributed by atoms with Crippen molar-refractivity contribution in [3.8, 4) is 17.1 Å². The molecule has 1 atom stereocenters. The molecule has 1 N–H and O–H groups in total. The van der Waals surface area contributed by atoms with Crippen molar-refractivity contribution >= 4 is 17.7 Å². The number of aryl methyl sites for hydroxylation is 1. The van der Waals surface area contributed by atoms with E-state index in [1.54, 1.807) is 13.2 Å². The Morgan fingerprint density at radius 2 is 2.14 bits per heavy atom. The van der Waals surface area contributed by atoms with E-state index in [0.29, 0.717) is 23.0 Å². The van der Waals surface area contributed by atoms with E-state index in [9.17, 15) is 9.18 Å². The third-order valence-corrected chi connectivity index (χ3v) is 5.90. The summed E-state index contributed by atoms with van der Waals surface area (Å²) in [6, 6.07) is 12.2. The van der Waals surface area contributed by atoms with Gasteiger partial charge in [0.05, 0.1) is 13.2 Å². The lowest BCUT2D eigenvalue weighted by Crippen LogP contribution is -2.31. The summed E-state index contributed by atoms with van der Waals surface area (Å²) in [7, 11) is 1.60. The van der Waals surface area contributed by atoms with Crippen molar-refractivity contribution in [1.82, 2.24) is 15.5 Å². The molecule has 1 unspecified atom stereocenters. The SMILES string of the molecule is COc1ccc(-c2noc(CCC(=O)NC3CCSc4c(F)cccc43)n2)cc1. The number of nitrogens with zero attached hydrogens (tertiary/aromatic N) is 2. The highest BCUT2D eigenvalue weighted by molar-refractivity contribution is 7.99. The summed E-state index contributed by atoms with van der Waals surface area (Å²) in [5, 5.41) is 6.97. The molecule has 29 heavy (non-hydrogen) atoms. The maximum Gasteiger partial charge on any atom is 0.227 e. The number of thioether (sulfide) groups is 1. The highest BCUT2D eigenvalue weighted by Gasteiger charge is 2.24. The number of carbonyl (C=O) groups excluding carboxylic acids is 1. The first kappa shape index (κ1) is 19.4. The monoisotopic (exact) mass is 413 g/mol. The van der Waals surface area contributed by atoms with Crippen molar-refractivity contribution in [2.45, 2.75) is 30.2 Å². The molecule has 1 amide bonds. The Morgan fingerprint density at radius 3 is 2.93 bits per heavy atom. The second-order valence-corrected chi connectivity index (χ2v) is 7.76. The Morgan fingerprint density at radius 1 is 1.31 bits per heavy atom. The molecule has 8 heteroatoms. The minimum atomic E-state index is -0.233. The average Bonchev–Trinajstić information content (AvgIpc) is 3.22. The molecular formula is C21H20FN3O3S. The van der Waals surface area contributed by atoms with Crippen molar-refractivity contribution in [3.63, 3.8) is 0 Å². The number of carbonyl (C=O) groups is 1. The smallest absolute Gasteiger partial charge is 0.227 e. The number of hydrogen-bond acceptors (Lipinski definition) is 6. The van der Waals surface area contributed by atoms with Crippen LogP contribution < -0.4 is 10.1 Å². The molecule has 6 nitrogen and oxygen atoms in total. The van der Waals surface area contributed by atoms with Crippen LogP contribution in [0, 0.1) is 5.82 Å². The molecular weight excluding hydrogens is 393 g/mol. The minimum Gasteiger partial charge on any atom is -0.497 e. The van der Waals surface area contributed by atoms with Crippen LogP contribution in [0.3, 0.4) is 0 Å². The quantitative estimate of drug-likeness (QED) is 0.654. The molecule has 0 spiro atoms. The Hall–Kier alpha value is -2.87. The van der Waals surface area contributed by atoms with Crippen molar-refractivity contribution in [2.24, 2.45) is 0 Å². The molecule has 0 bridgehead atoms. The maximum atomic E-state index is 14.0. The van der Waals surface area contributed by atoms with Gasteiger partial charge < -0.3 is 14.6 Å². The third-order valence-electron chi connectivity index (χ3n) is 4.74. The zero-order valence-electron chi connectivity index (χ0n) is 15.9. The van der Waals surface area contributed by atoms with Crippen LogP contribution in [0.4, 0.5) is 4.39 Å². The molecule has 2 aromatic carbocycles. The molecule has 0 saturated carbocycles. The number of benzene rings is 2. The van der Waals surface area contributed by atoms with Crippen LogP contribution in [-0.4, -0.2) is 28.9 Å². The van der Waals surface area contributed by atoms with E-state index < -0.39 is 0 Å². The number of fused-ring (bicyclic) bond motifs is 1. The zero-order chi connectivity index (χ0) is 20.2. The van der Waals surface area contributed by atoms with Gasteiger partial charge in [-0.05, 0) is 42.3 Å². The number of nitrogens with one attached hydrogen (secondary N) is 1. The van der Waals surface area contributed by atoms with Crippen LogP contribution in [0.1, 0.15) is 30.3 Å². The molecule has 0 saturated heterocycles. The molecule has 0 radical (unpaired) electrons. The van der Waals surface area contributed by atoms with Crippen molar-refractivity contribution in [1.29, 1.82) is 0 Å². The van der Waals surface area contributed by atoms with Crippen molar-refractivity contribution in [3.05, 3.63) is 59.7 Å². The number of rotatable bonds is 6. The van der Waals surface area contributed by atoms with Gasteiger partial charge in [0.25, 0.3) is 0 Å². The first-order valence-electron chi connectivity index (χ1n) is 9.31. The molecule has 2 heterocycles. The molecule has 0 fully saturated rings. The number of amides is 1. The lowest BCUT2D eigenvalue weighted by Gasteiger charge is -2.26. The van der Waals surface area contributed by atoms with E-state index in [0.717, 1.165) is 29.1 Å². The van der Waals surface area contributed by atoms with Crippen LogP contribution in [-0.2, 0) is 11.2 Å². The highest BCUT2D eigenvalue weighted by atomic mass is 32.2. The zero-order valence-corrected chi connectivity index (χ0v) is 16.7. The lowest BCUT2D eigenvalue weighted by molar-refractivity contribution is -0.121. The molecule has 150 valence electrons. The lowest BCUT2D eigenvalue weighted by atomic mass is 10.0. The van der Waals surface area contributed by atoms with Gasteiger partial charge in [0.1, 0.15) is 11.6 Å². The Bertz CT molecular complexity index is 1010. The summed E-state index contributed by atoms with van der Waals surface area (Å²) in [5.74, 6) is 2.03. The van der Waals surface area contributed by atoms with Gasteiger partial charge >= 0.3 is 0 Å². The van der Waals surface area contributed by atoms with Crippen molar-refractivity contribution in [2.75, 3.05) is 12.9 Å². The van der Waals surface area contributed by atoms with E-state index in [1.807, 2.05) is 30.3 Å². The first-order chi connectivity index (χ1) is 14.1. The van der Waals surface area contributed by atoms with Crippen LogP contribution in [0.5, 0.6) is 5.75 Å². The molecule has 4 rings (SSSR count). The summed E-state index contributed by atoms with van der Waals surface area (Å²) >= 11 is 1.49. The summed E-state index contributed by atoms with van der Waals surface area (Å²) in [6.07, 6.45) is 1.33.